The number of carbonyl (C=O) groups excluding carboxylic acids is 1. The first-order valence-electron chi connectivity index (χ1n) is 9.67. The average Bonchev–Trinajstić information content (AvgIpc) is 3.45. The Morgan fingerprint density at radius 2 is 2.00 bits per heavy atom. The fourth-order valence-corrected chi connectivity index (χ4v) is 5.10. The zero-order chi connectivity index (χ0) is 19.7. The van der Waals surface area contributed by atoms with Gasteiger partial charge in [0.1, 0.15) is 5.69 Å². The Kier molecular flexibility index (Phi) is 5.31. The van der Waals surface area contributed by atoms with E-state index in [2.05, 4.69) is 11.4 Å². The quantitative estimate of drug-likeness (QED) is 0.597. The Morgan fingerprint density at radius 3 is 2.68 bits per heavy atom. The van der Waals surface area contributed by atoms with Crippen LogP contribution in [0.1, 0.15) is 41.7 Å². The van der Waals surface area contributed by atoms with Crippen LogP contribution in [0.4, 0.5) is 0 Å². The van der Waals surface area contributed by atoms with Crippen molar-refractivity contribution < 1.29 is 14.3 Å². The first-order valence-corrected chi connectivity index (χ1v) is 10.6. The predicted octanol–water partition coefficient (Wildman–Crippen LogP) is 4.84. The summed E-state index contributed by atoms with van der Waals surface area (Å²) in [6, 6.07) is 10.2. The second kappa shape index (κ2) is 7.87. The number of fused-ring (bicyclic) bond motifs is 1. The van der Waals surface area contributed by atoms with Gasteiger partial charge in [-0.1, -0.05) is 25.0 Å². The highest BCUT2D eigenvalue weighted by Gasteiger charge is 2.30. The molecule has 4 rings (SSSR count). The number of aryl methyl sites for hydroxylation is 1. The van der Waals surface area contributed by atoms with Crippen molar-refractivity contribution in [3.8, 4) is 11.5 Å². The molecule has 0 N–H and O–H groups in total. The summed E-state index contributed by atoms with van der Waals surface area (Å²) >= 11 is 1.67. The predicted molar refractivity (Wildman–Crippen MR) is 112 cm³/mol. The third-order valence-corrected chi connectivity index (χ3v) is 6.59. The van der Waals surface area contributed by atoms with E-state index >= 15 is 0 Å². The van der Waals surface area contributed by atoms with Crippen LogP contribution in [0.3, 0.4) is 0 Å². The summed E-state index contributed by atoms with van der Waals surface area (Å²) in [6.07, 6.45) is 4.45. The number of rotatable bonds is 6. The molecule has 0 unspecified atom stereocenters. The van der Waals surface area contributed by atoms with E-state index in [0.717, 1.165) is 34.3 Å². The molecule has 3 aromatic rings. The van der Waals surface area contributed by atoms with Gasteiger partial charge in [0, 0.05) is 18.7 Å². The molecule has 0 spiro atoms. The molecule has 6 heteroatoms. The number of thiophene rings is 1. The maximum atomic E-state index is 13.6. The zero-order valence-electron chi connectivity index (χ0n) is 16.6. The van der Waals surface area contributed by atoms with Gasteiger partial charge in [0.2, 0.25) is 0 Å². The summed E-state index contributed by atoms with van der Waals surface area (Å²) in [4.78, 5) is 15.6. The van der Waals surface area contributed by atoms with Crippen molar-refractivity contribution >= 4 is 27.5 Å². The molecule has 28 heavy (non-hydrogen) atoms. The number of methoxy groups -OCH3 is 2. The first-order chi connectivity index (χ1) is 13.6. The van der Waals surface area contributed by atoms with Gasteiger partial charge in [-0.3, -0.25) is 4.79 Å². The molecule has 0 aliphatic heterocycles. The van der Waals surface area contributed by atoms with E-state index in [1.165, 1.54) is 12.8 Å². The molecular formula is C22H26N2O3S. The number of amides is 1. The molecule has 1 aliphatic rings. The van der Waals surface area contributed by atoms with Gasteiger partial charge in [-0.25, -0.2) is 0 Å². The molecule has 1 aromatic carbocycles. The monoisotopic (exact) mass is 398 g/mol. The Bertz CT molecular complexity index is 985. The number of hydrogen-bond acceptors (Lipinski definition) is 4. The SMILES string of the molecule is COc1cccc(CN(C(=O)c2cc3sccc3n2C)C2CCCC2)c1OC. The second-order valence-corrected chi connectivity index (χ2v) is 8.23. The van der Waals surface area contributed by atoms with Gasteiger partial charge in [-0.2, -0.15) is 0 Å². The molecule has 2 aromatic heterocycles. The molecule has 5 nitrogen and oxygen atoms in total. The minimum Gasteiger partial charge on any atom is -0.493 e. The van der Waals surface area contributed by atoms with Gasteiger partial charge in [0.05, 0.1) is 31.0 Å². The van der Waals surface area contributed by atoms with Gasteiger partial charge in [-0.15, -0.1) is 11.3 Å². The van der Waals surface area contributed by atoms with Crippen LogP contribution in [0.25, 0.3) is 10.2 Å². The van der Waals surface area contributed by atoms with Crippen LogP contribution in [0.2, 0.25) is 0 Å². The van der Waals surface area contributed by atoms with Crippen LogP contribution < -0.4 is 9.47 Å². The molecule has 1 fully saturated rings. The van der Waals surface area contributed by atoms with Crippen LogP contribution in [0.5, 0.6) is 11.5 Å². The lowest BCUT2D eigenvalue weighted by molar-refractivity contribution is 0.0653. The molecule has 148 valence electrons. The second-order valence-electron chi connectivity index (χ2n) is 7.28. The van der Waals surface area contributed by atoms with Gasteiger partial charge in [0.25, 0.3) is 5.91 Å². The minimum absolute atomic E-state index is 0.0858. The number of ether oxygens (including phenoxy) is 2. The number of carbonyl (C=O) groups is 1. The Hall–Kier alpha value is -2.47. The van der Waals surface area contributed by atoms with Crippen LogP contribution in [0.15, 0.2) is 35.7 Å². The Morgan fingerprint density at radius 1 is 1.21 bits per heavy atom. The number of para-hydroxylation sites is 1. The third kappa shape index (κ3) is 3.26. The Balaban J connectivity index is 1.71. The van der Waals surface area contributed by atoms with Crippen LogP contribution in [-0.4, -0.2) is 35.6 Å². The number of aromatic nitrogens is 1. The van der Waals surface area contributed by atoms with E-state index in [4.69, 9.17) is 9.47 Å². The summed E-state index contributed by atoms with van der Waals surface area (Å²) in [5.41, 5.74) is 2.83. The summed E-state index contributed by atoms with van der Waals surface area (Å²) in [5.74, 6) is 1.48. The van der Waals surface area contributed by atoms with E-state index < -0.39 is 0 Å². The van der Waals surface area contributed by atoms with E-state index in [9.17, 15) is 4.79 Å². The van der Waals surface area contributed by atoms with Crippen molar-refractivity contribution in [1.82, 2.24) is 9.47 Å². The first kappa shape index (κ1) is 18.9. The molecule has 1 aliphatic carbocycles. The van der Waals surface area contributed by atoms with Crippen LogP contribution in [0, 0.1) is 0 Å². The van der Waals surface area contributed by atoms with Gasteiger partial charge in [-0.05, 0) is 36.4 Å². The molecule has 2 heterocycles. The van der Waals surface area contributed by atoms with Crippen molar-refractivity contribution in [3.63, 3.8) is 0 Å². The molecule has 0 atom stereocenters. The van der Waals surface area contributed by atoms with Gasteiger partial charge in [0.15, 0.2) is 11.5 Å². The van der Waals surface area contributed by atoms with Crippen molar-refractivity contribution in [2.24, 2.45) is 7.05 Å². The summed E-state index contributed by atoms with van der Waals surface area (Å²) in [7, 11) is 5.26. The van der Waals surface area contributed by atoms with Crippen LogP contribution in [-0.2, 0) is 13.6 Å². The van der Waals surface area contributed by atoms with E-state index in [0.29, 0.717) is 18.0 Å². The lowest BCUT2D eigenvalue weighted by Crippen LogP contribution is -2.39. The molecule has 0 radical (unpaired) electrons. The maximum absolute atomic E-state index is 13.6. The maximum Gasteiger partial charge on any atom is 0.271 e. The fourth-order valence-electron chi connectivity index (χ4n) is 4.25. The lowest BCUT2D eigenvalue weighted by atomic mass is 10.1. The molecule has 1 saturated carbocycles. The normalized spacial score (nSPS) is 14.5. The summed E-state index contributed by atoms with van der Waals surface area (Å²) in [6.45, 7) is 0.517. The van der Waals surface area contributed by atoms with Crippen molar-refractivity contribution in [3.05, 3.63) is 47.0 Å². The van der Waals surface area contributed by atoms with Gasteiger partial charge < -0.3 is 18.9 Å². The third-order valence-electron chi connectivity index (χ3n) is 5.73. The number of nitrogens with zero attached hydrogens (tertiary/aromatic N) is 2. The van der Waals surface area contributed by atoms with Crippen molar-refractivity contribution in [1.29, 1.82) is 0 Å². The van der Waals surface area contributed by atoms with E-state index in [1.807, 2.05) is 40.8 Å². The Labute approximate surface area is 169 Å². The van der Waals surface area contributed by atoms with E-state index in [-0.39, 0.29) is 11.9 Å². The number of hydrogen-bond donors (Lipinski definition) is 0. The number of benzene rings is 1. The fraction of sp³-hybridized carbons (Fsp3) is 0.409. The van der Waals surface area contributed by atoms with Crippen molar-refractivity contribution in [2.45, 2.75) is 38.3 Å². The highest BCUT2D eigenvalue weighted by Crippen LogP contribution is 2.34. The molecule has 1 amide bonds. The summed E-state index contributed by atoms with van der Waals surface area (Å²) < 4.78 is 14.2. The topological polar surface area (TPSA) is 43.7 Å². The lowest BCUT2D eigenvalue weighted by Gasteiger charge is -2.30. The standard InChI is InChI=1S/C22H26N2O3S/c1-23-17-11-12-28-20(17)13-18(23)22(25)24(16-8-4-5-9-16)14-15-7-6-10-19(26-2)21(15)27-3/h6-7,10-13,16H,4-5,8-9,14H2,1-3H3. The molecule has 0 bridgehead atoms. The molecule has 0 saturated heterocycles. The largest absolute Gasteiger partial charge is 0.493 e. The summed E-state index contributed by atoms with van der Waals surface area (Å²) in [5, 5.41) is 2.06. The van der Waals surface area contributed by atoms with Crippen LogP contribution >= 0.6 is 11.3 Å². The van der Waals surface area contributed by atoms with Crippen molar-refractivity contribution in [2.75, 3.05) is 14.2 Å². The van der Waals surface area contributed by atoms with E-state index in [1.54, 1.807) is 25.6 Å². The zero-order valence-corrected chi connectivity index (χ0v) is 17.4. The minimum atomic E-state index is 0.0858. The highest BCUT2D eigenvalue weighted by molar-refractivity contribution is 7.17. The smallest absolute Gasteiger partial charge is 0.271 e. The van der Waals surface area contributed by atoms with Gasteiger partial charge >= 0.3 is 0 Å². The molecular weight excluding hydrogens is 372 g/mol. The average molecular weight is 399 g/mol. The highest BCUT2D eigenvalue weighted by atomic mass is 32.1.